The van der Waals surface area contributed by atoms with Crippen LogP contribution in [0.4, 0.5) is 4.79 Å². The third-order valence-electron chi connectivity index (χ3n) is 4.59. The highest BCUT2D eigenvalue weighted by atomic mass is 32.2. The maximum Gasteiger partial charge on any atom is 0.410 e. The van der Waals surface area contributed by atoms with E-state index in [1.807, 2.05) is 32.9 Å². The lowest BCUT2D eigenvalue weighted by atomic mass is 9.99. The Morgan fingerprint density at radius 1 is 1.12 bits per heavy atom. The third kappa shape index (κ3) is 4.98. The molecule has 1 fully saturated rings. The normalized spacial score (nSPS) is 17.8. The van der Waals surface area contributed by atoms with Crippen molar-refractivity contribution < 1.29 is 17.9 Å². The van der Waals surface area contributed by atoms with Crippen LogP contribution >= 0.6 is 0 Å². The van der Waals surface area contributed by atoms with Gasteiger partial charge in [0.25, 0.3) is 0 Å². The number of amides is 1. The SMILES string of the molecule is CCC(C)c1ccc(S(=O)(=O)N2CCN(C(=O)OC(C)(C)C)CC2)cc1. The summed E-state index contributed by atoms with van der Waals surface area (Å²) in [5.41, 5.74) is 0.582. The first-order chi connectivity index (χ1) is 12.0. The van der Waals surface area contributed by atoms with Gasteiger partial charge < -0.3 is 9.64 Å². The average Bonchev–Trinajstić information content (AvgIpc) is 2.59. The minimum Gasteiger partial charge on any atom is -0.444 e. The quantitative estimate of drug-likeness (QED) is 0.800. The molecule has 0 aliphatic carbocycles. The van der Waals surface area contributed by atoms with Crippen LogP contribution in [0.2, 0.25) is 0 Å². The molecule has 0 N–H and O–H groups in total. The second-order valence-electron chi connectivity index (χ2n) is 7.75. The summed E-state index contributed by atoms with van der Waals surface area (Å²) in [4.78, 5) is 14.0. The Labute approximate surface area is 157 Å². The Kier molecular flexibility index (Phi) is 6.34. The van der Waals surface area contributed by atoms with E-state index in [1.165, 1.54) is 4.31 Å². The molecule has 1 unspecified atom stereocenters. The number of ether oxygens (including phenoxy) is 1. The third-order valence-corrected chi connectivity index (χ3v) is 6.50. The summed E-state index contributed by atoms with van der Waals surface area (Å²) in [6, 6.07) is 7.13. The average molecular weight is 383 g/mol. The standard InChI is InChI=1S/C19H30N2O4S/c1-6-15(2)16-7-9-17(10-8-16)26(23,24)21-13-11-20(12-14-21)18(22)25-19(3,4)5/h7-10,15H,6,11-14H2,1-5H3. The van der Waals surface area contributed by atoms with Gasteiger partial charge in [-0.2, -0.15) is 4.31 Å². The fourth-order valence-corrected chi connectivity index (χ4v) is 4.21. The lowest BCUT2D eigenvalue weighted by Crippen LogP contribution is -2.51. The van der Waals surface area contributed by atoms with E-state index in [2.05, 4.69) is 13.8 Å². The lowest BCUT2D eigenvalue weighted by molar-refractivity contribution is 0.0192. The molecule has 1 aliphatic heterocycles. The van der Waals surface area contributed by atoms with Crippen LogP contribution in [-0.2, 0) is 14.8 Å². The van der Waals surface area contributed by atoms with E-state index in [4.69, 9.17) is 4.74 Å². The maximum atomic E-state index is 12.8. The summed E-state index contributed by atoms with van der Waals surface area (Å²) >= 11 is 0. The maximum absolute atomic E-state index is 12.8. The molecule has 1 amide bonds. The molecule has 1 heterocycles. The molecular weight excluding hydrogens is 352 g/mol. The van der Waals surface area contributed by atoms with Gasteiger partial charge in [0.15, 0.2) is 0 Å². The number of sulfonamides is 1. The molecule has 1 aromatic carbocycles. The van der Waals surface area contributed by atoms with Gasteiger partial charge in [-0.1, -0.05) is 26.0 Å². The zero-order valence-corrected chi connectivity index (χ0v) is 17.2. The summed E-state index contributed by atoms with van der Waals surface area (Å²) in [5.74, 6) is 0.407. The van der Waals surface area contributed by atoms with Crippen LogP contribution in [0.5, 0.6) is 0 Å². The van der Waals surface area contributed by atoms with E-state index in [0.29, 0.717) is 23.9 Å². The van der Waals surface area contributed by atoms with Gasteiger partial charge in [0.05, 0.1) is 4.90 Å². The smallest absolute Gasteiger partial charge is 0.410 e. The second kappa shape index (κ2) is 7.96. The number of hydrogen-bond donors (Lipinski definition) is 0. The molecule has 0 bridgehead atoms. The van der Waals surface area contributed by atoms with Gasteiger partial charge >= 0.3 is 6.09 Å². The van der Waals surface area contributed by atoms with Crippen molar-refractivity contribution in [1.29, 1.82) is 0 Å². The van der Waals surface area contributed by atoms with E-state index in [0.717, 1.165) is 12.0 Å². The summed E-state index contributed by atoms with van der Waals surface area (Å²) in [5, 5.41) is 0. The summed E-state index contributed by atoms with van der Waals surface area (Å²) in [6.45, 7) is 10.9. The van der Waals surface area contributed by atoms with Crippen molar-refractivity contribution in [2.24, 2.45) is 0 Å². The topological polar surface area (TPSA) is 66.9 Å². The van der Waals surface area contributed by atoms with Gasteiger partial charge in [0, 0.05) is 26.2 Å². The zero-order valence-electron chi connectivity index (χ0n) is 16.4. The molecule has 146 valence electrons. The number of hydrogen-bond acceptors (Lipinski definition) is 4. The van der Waals surface area contributed by atoms with Crippen molar-refractivity contribution in [3.63, 3.8) is 0 Å². The predicted molar refractivity (Wildman–Crippen MR) is 102 cm³/mol. The Morgan fingerprint density at radius 3 is 2.12 bits per heavy atom. The molecular formula is C19H30N2O4S. The van der Waals surface area contributed by atoms with Crippen molar-refractivity contribution in [2.45, 2.75) is 57.5 Å². The molecule has 7 heteroatoms. The molecule has 0 aromatic heterocycles. The van der Waals surface area contributed by atoms with Gasteiger partial charge in [-0.05, 0) is 50.8 Å². The molecule has 1 aliphatic rings. The first-order valence-electron chi connectivity index (χ1n) is 9.12. The number of carbonyl (C=O) groups excluding carboxylic acids is 1. The van der Waals surface area contributed by atoms with Crippen LogP contribution < -0.4 is 0 Å². The Morgan fingerprint density at radius 2 is 1.65 bits per heavy atom. The first-order valence-corrected chi connectivity index (χ1v) is 10.6. The van der Waals surface area contributed by atoms with Crippen molar-refractivity contribution in [1.82, 2.24) is 9.21 Å². The highest BCUT2D eigenvalue weighted by Gasteiger charge is 2.31. The van der Waals surface area contributed by atoms with Crippen LogP contribution in [0.1, 0.15) is 52.5 Å². The summed E-state index contributed by atoms with van der Waals surface area (Å²) in [6.07, 6.45) is 0.617. The van der Waals surface area contributed by atoms with Crippen molar-refractivity contribution in [3.8, 4) is 0 Å². The summed E-state index contributed by atoms with van der Waals surface area (Å²) in [7, 11) is -3.54. The lowest BCUT2D eigenvalue weighted by Gasteiger charge is -2.35. The number of benzene rings is 1. The minimum absolute atomic E-state index is 0.273. The van der Waals surface area contributed by atoms with Crippen LogP contribution in [0.3, 0.4) is 0 Å². The molecule has 1 aromatic rings. The fourth-order valence-electron chi connectivity index (χ4n) is 2.79. The Balaban J connectivity index is 2.02. The molecule has 1 atom stereocenters. The monoisotopic (exact) mass is 382 g/mol. The van der Waals surface area contributed by atoms with Crippen LogP contribution in [-0.4, -0.2) is 55.5 Å². The van der Waals surface area contributed by atoms with Crippen LogP contribution in [0.15, 0.2) is 29.2 Å². The number of piperazine rings is 1. The number of nitrogens with zero attached hydrogens (tertiary/aromatic N) is 2. The zero-order chi connectivity index (χ0) is 19.5. The first kappa shape index (κ1) is 20.7. The predicted octanol–water partition coefficient (Wildman–Crippen LogP) is 3.44. The van der Waals surface area contributed by atoms with E-state index in [1.54, 1.807) is 17.0 Å². The van der Waals surface area contributed by atoms with E-state index < -0.39 is 21.7 Å². The van der Waals surface area contributed by atoms with Crippen LogP contribution in [0.25, 0.3) is 0 Å². The molecule has 26 heavy (non-hydrogen) atoms. The van der Waals surface area contributed by atoms with Gasteiger partial charge in [0.1, 0.15) is 5.60 Å². The van der Waals surface area contributed by atoms with Gasteiger partial charge in [-0.15, -0.1) is 0 Å². The summed E-state index contributed by atoms with van der Waals surface area (Å²) < 4.78 is 32.5. The van der Waals surface area contributed by atoms with E-state index in [-0.39, 0.29) is 13.1 Å². The van der Waals surface area contributed by atoms with Gasteiger partial charge in [0.2, 0.25) is 10.0 Å². The largest absolute Gasteiger partial charge is 0.444 e. The molecule has 0 radical (unpaired) electrons. The van der Waals surface area contributed by atoms with Crippen molar-refractivity contribution in [3.05, 3.63) is 29.8 Å². The minimum atomic E-state index is -3.54. The molecule has 0 spiro atoms. The van der Waals surface area contributed by atoms with Gasteiger partial charge in [-0.3, -0.25) is 0 Å². The number of carbonyl (C=O) groups is 1. The van der Waals surface area contributed by atoms with Gasteiger partial charge in [-0.25, -0.2) is 13.2 Å². The highest BCUT2D eigenvalue weighted by molar-refractivity contribution is 7.89. The van der Waals surface area contributed by atoms with E-state index >= 15 is 0 Å². The fraction of sp³-hybridized carbons (Fsp3) is 0.632. The van der Waals surface area contributed by atoms with Crippen molar-refractivity contribution in [2.75, 3.05) is 26.2 Å². The molecule has 6 nitrogen and oxygen atoms in total. The van der Waals surface area contributed by atoms with Crippen molar-refractivity contribution >= 4 is 16.1 Å². The second-order valence-corrected chi connectivity index (χ2v) is 9.69. The highest BCUT2D eigenvalue weighted by Crippen LogP contribution is 2.23. The van der Waals surface area contributed by atoms with Crippen LogP contribution in [0, 0.1) is 0 Å². The molecule has 1 saturated heterocycles. The molecule has 2 rings (SSSR count). The molecule has 0 saturated carbocycles. The number of rotatable bonds is 4. The Bertz CT molecular complexity index is 715. The van der Waals surface area contributed by atoms with E-state index in [9.17, 15) is 13.2 Å². The Hall–Kier alpha value is -1.60.